The lowest BCUT2D eigenvalue weighted by molar-refractivity contribution is -0.127. The molecule has 4 rings (SSSR count). The van der Waals surface area contributed by atoms with Crippen LogP contribution in [0.25, 0.3) is 0 Å². The Bertz CT molecular complexity index is 1470. The van der Waals surface area contributed by atoms with E-state index in [9.17, 15) is 14.4 Å². The van der Waals surface area contributed by atoms with Gasteiger partial charge in [0.25, 0.3) is 11.8 Å². The normalized spacial score (nSPS) is 14.9. The highest BCUT2D eigenvalue weighted by Gasteiger charge is 2.29. The molecule has 0 saturated heterocycles. The van der Waals surface area contributed by atoms with Gasteiger partial charge in [-0.15, -0.1) is 11.3 Å². The van der Waals surface area contributed by atoms with Crippen LogP contribution in [0.4, 0.5) is 5.00 Å². The predicted molar refractivity (Wildman–Crippen MR) is 161 cm³/mol. The molecule has 1 aliphatic rings. The van der Waals surface area contributed by atoms with Gasteiger partial charge in [0.1, 0.15) is 10.8 Å². The first-order valence-corrected chi connectivity index (χ1v) is 14.5. The lowest BCUT2D eigenvalue weighted by Gasteiger charge is -2.18. The standard InChI is InChI=1S/C31H35N3O7S/c1-6-40-31(37)27-23-13-7-18(2)15-26(23)42-30(27)33-29(36)21-9-11-22(12-10-21)41-19(3)28(35)34-32-17-20-8-14-24(38-4)25(16-20)39-5/h8-12,14,16-19H,6-7,13,15H2,1-5H3,(H,33,36)(H,34,35)/b32-17-/t18-,19-/m0/s1. The molecule has 0 saturated carbocycles. The fourth-order valence-electron chi connectivity index (χ4n) is 4.57. The number of anilines is 1. The molecule has 0 spiro atoms. The van der Waals surface area contributed by atoms with E-state index in [0.29, 0.717) is 44.9 Å². The number of rotatable bonds is 11. The molecule has 0 radical (unpaired) electrons. The van der Waals surface area contributed by atoms with Crippen LogP contribution >= 0.6 is 11.3 Å². The number of esters is 1. The highest BCUT2D eigenvalue weighted by Crippen LogP contribution is 2.40. The Morgan fingerprint density at radius 2 is 1.83 bits per heavy atom. The maximum Gasteiger partial charge on any atom is 0.341 e. The SMILES string of the molecule is CCOC(=O)c1c(NC(=O)c2ccc(O[C@@H](C)C(=O)N/N=C\c3ccc(OC)c(OC)c3)cc2)sc2c1CC[C@H](C)C2. The summed E-state index contributed by atoms with van der Waals surface area (Å²) < 4.78 is 21.5. The second kappa shape index (κ2) is 14.0. The van der Waals surface area contributed by atoms with Gasteiger partial charge in [0.05, 0.1) is 32.6 Å². The van der Waals surface area contributed by atoms with Gasteiger partial charge in [-0.3, -0.25) is 9.59 Å². The van der Waals surface area contributed by atoms with Crippen molar-refractivity contribution in [3.8, 4) is 17.2 Å². The highest BCUT2D eigenvalue weighted by molar-refractivity contribution is 7.17. The molecular weight excluding hydrogens is 558 g/mol. The molecule has 222 valence electrons. The smallest absolute Gasteiger partial charge is 0.341 e. The van der Waals surface area contributed by atoms with Gasteiger partial charge < -0.3 is 24.3 Å². The predicted octanol–water partition coefficient (Wildman–Crippen LogP) is 5.24. The van der Waals surface area contributed by atoms with Crippen molar-refractivity contribution in [2.45, 2.75) is 46.1 Å². The second-order valence-corrected chi connectivity index (χ2v) is 11.0. The molecule has 2 amide bonds. The molecule has 1 aliphatic carbocycles. The summed E-state index contributed by atoms with van der Waals surface area (Å²) in [5.41, 5.74) is 4.99. The Kier molecular flexibility index (Phi) is 10.2. The van der Waals surface area contributed by atoms with Crippen LogP contribution in [0, 0.1) is 5.92 Å². The molecule has 42 heavy (non-hydrogen) atoms. The van der Waals surface area contributed by atoms with E-state index in [-0.39, 0.29) is 12.5 Å². The van der Waals surface area contributed by atoms with E-state index in [0.717, 1.165) is 29.7 Å². The number of nitrogens with one attached hydrogen (secondary N) is 2. The Balaban J connectivity index is 1.36. The van der Waals surface area contributed by atoms with E-state index in [2.05, 4.69) is 22.8 Å². The highest BCUT2D eigenvalue weighted by atomic mass is 32.1. The first kappa shape index (κ1) is 30.6. The van der Waals surface area contributed by atoms with Crippen molar-refractivity contribution >= 4 is 40.3 Å². The first-order chi connectivity index (χ1) is 20.2. The number of hydrazone groups is 1. The molecule has 0 bridgehead atoms. The minimum absolute atomic E-state index is 0.259. The lowest BCUT2D eigenvalue weighted by Crippen LogP contribution is -2.33. The van der Waals surface area contributed by atoms with E-state index in [1.54, 1.807) is 63.4 Å². The molecule has 2 atom stereocenters. The average molecular weight is 594 g/mol. The van der Waals surface area contributed by atoms with Crippen LogP contribution < -0.4 is 25.0 Å². The van der Waals surface area contributed by atoms with Gasteiger partial charge in [-0.05, 0) is 92.6 Å². The van der Waals surface area contributed by atoms with Gasteiger partial charge in [0, 0.05) is 10.4 Å². The van der Waals surface area contributed by atoms with E-state index in [1.807, 2.05) is 0 Å². The van der Waals surface area contributed by atoms with E-state index in [4.69, 9.17) is 18.9 Å². The first-order valence-electron chi connectivity index (χ1n) is 13.7. The summed E-state index contributed by atoms with van der Waals surface area (Å²) >= 11 is 1.44. The van der Waals surface area contributed by atoms with Crippen molar-refractivity contribution in [1.82, 2.24) is 5.43 Å². The number of fused-ring (bicyclic) bond motifs is 1. The zero-order chi connectivity index (χ0) is 30.2. The molecule has 2 N–H and O–H groups in total. The van der Waals surface area contributed by atoms with Gasteiger partial charge in [-0.1, -0.05) is 6.92 Å². The van der Waals surface area contributed by atoms with Gasteiger partial charge in [0.2, 0.25) is 0 Å². The van der Waals surface area contributed by atoms with Gasteiger partial charge in [-0.25, -0.2) is 10.2 Å². The molecule has 10 nitrogen and oxygen atoms in total. The van der Waals surface area contributed by atoms with Crippen LogP contribution in [0.5, 0.6) is 17.2 Å². The van der Waals surface area contributed by atoms with E-state index in [1.165, 1.54) is 24.7 Å². The van der Waals surface area contributed by atoms with Crippen LogP contribution in [-0.4, -0.2) is 50.9 Å². The Hall–Kier alpha value is -4.38. The van der Waals surface area contributed by atoms with Crippen molar-refractivity contribution in [2.24, 2.45) is 11.0 Å². The number of nitrogens with zero attached hydrogens (tertiary/aromatic N) is 1. The summed E-state index contributed by atoms with van der Waals surface area (Å²) in [6.45, 7) is 5.80. The Morgan fingerprint density at radius 3 is 2.52 bits per heavy atom. The van der Waals surface area contributed by atoms with Gasteiger partial charge in [-0.2, -0.15) is 5.10 Å². The maximum absolute atomic E-state index is 13.1. The Morgan fingerprint density at radius 1 is 1.10 bits per heavy atom. The third-order valence-electron chi connectivity index (χ3n) is 6.81. The van der Waals surface area contributed by atoms with Crippen LogP contribution in [0.1, 0.15) is 63.9 Å². The number of benzene rings is 2. The minimum atomic E-state index is -0.848. The summed E-state index contributed by atoms with van der Waals surface area (Å²) in [4.78, 5) is 39.4. The third kappa shape index (κ3) is 7.27. The molecule has 0 aliphatic heterocycles. The monoisotopic (exact) mass is 593 g/mol. The van der Waals surface area contributed by atoms with E-state index < -0.39 is 18.0 Å². The summed E-state index contributed by atoms with van der Waals surface area (Å²) in [6.07, 6.45) is 3.29. The molecule has 2 aromatic carbocycles. The number of ether oxygens (including phenoxy) is 4. The van der Waals surface area contributed by atoms with Gasteiger partial charge in [0.15, 0.2) is 17.6 Å². The number of methoxy groups -OCH3 is 2. The molecule has 3 aromatic rings. The molecular formula is C31H35N3O7S. The Labute approximate surface area is 249 Å². The minimum Gasteiger partial charge on any atom is -0.493 e. The van der Waals surface area contributed by atoms with Crippen molar-refractivity contribution in [3.63, 3.8) is 0 Å². The lowest BCUT2D eigenvalue weighted by atomic mass is 9.88. The number of hydrogen-bond acceptors (Lipinski definition) is 9. The van der Waals surface area contributed by atoms with Crippen LogP contribution in [0.15, 0.2) is 47.6 Å². The average Bonchev–Trinajstić information content (AvgIpc) is 3.34. The summed E-state index contributed by atoms with van der Waals surface area (Å²) in [5, 5.41) is 7.41. The summed E-state index contributed by atoms with van der Waals surface area (Å²) in [5.74, 6) is 0.853. The van der Waals surface area contributed by atoms with Crippen molar-refractivity contribution < 1.29 is 33.3 Å². The van der Waals surface area contributed by atoms with Crippen molar-refractivity contribution in [3.05, 3.63) is 69.6 Å². The van der Waals surface area contributed by atoms with Gasteiger partial charge >= 0.3 is 5.97 Å². The van der Waals surface area contributed by atoms with Crippen LogP contribution in [-0.2, 0) is 22.4 Å². The number of carbonyl (C=O) groups excluding carboxylic acids is 3. The van der Waals surface area contributed by atoms with Crippen LogP contribution in [0.3, 0.4) is 0 Å². The quantitative estimate of drug-likeness (QED) is 0.177. The number of amides is 2. The van der Waals surface area contributed by atoms with E-state index >= 15 is 0 Å². The van der Waals surface area contributed by atoms with Crippen molar-refractivity contribution in [2.75, 3.05) is 26.1 Å². The third-order valence-corrected chi connectivity index (χ3v) is 7.98. The molecule has 11 heteroatoms. The van der Waals surface area contributed by atoms with Crippen molar-refractivity contribution in [1.29, 1.82) is 0 Å². The fourth-order valence-corrected chi connectivity index (χ4v) is 5.96. The maximum atomic E-state index is 13.1. The molecule has 1 aromatic heterocycles. The number of hydrogen-bond donors (Lipinski definition) is 2. The largest absolute Gasteiger partial charge is 0.493 e. The zero-order valence-electron chi connectivity index (χ0n) is 24.3. The fraction of sp³-hybridized carbons (Fsp3) is 0.355. The topological polar surface area (TPSA) is 125 Å². The molecule has 0 unspecified atom stereocenters. The van der Waals surface area contributed by atoms with Crippen LogP contribution in [0.2, 0.25) is 0 Å². The molecule has 0 fully saturated rings. The second-order valence-electron chi connectivity index (χ2n) is 9.86. The number of thiophene rings is 1. The molecule has 1 heterocycles. The number of carbonyl (C=O) groups is 3. The zero-order valence-corrected chi connectivity index (χ0v) is 25.1. The summed E-state index contributed by atoms with van der Waals surface area (Å²) in [7, 11) is 3.09. The summed E-state index contributed by atoms with van der Waals surface area (Å²) in [6, 6.07) is 11.7.